The van der Waals surface area contributed by atoms with Crippen molar-refractivity contribution in [3.8, 4) is 11.6 Å². The maximum Gasteiger partial charge on any atom is 0.255 e. The van der Waals surface area contributed by atoms with Gasteiger partial charge < -0.3 is 15.0 Å². The number of nitrogens with one attached hydrogen (secondary N) is 2. The first kappa shape index (κ1) is 34.6. The van der Waals surface area contributed by atoms with E-state index in [1.165, 1.54) is 6.07 Å². The van der Waals surface area contributed by atoms with Crippen LogP contribution in [0.1, 0.15) is 66.8 Å². The minimum Gasteiger partial charge on any atom is -0.496 e. The van der Waals surface area contributed by atoms with Crippen LogP contribution < -0.4 is 20.3 Å². The summed E-state index contributed by atoms with van der Waals surface area (Å²) >= 11 is 0. The average molecular weight is 726 g/mol. The van der Waals surface area contributed by atoms with Crippen LogP contribution in [0.25, 0.3) is 22.4 Å². The first-order valence-corrected chi connectivity index (χ1v) is 18.2. The number of amides is 3. The Kier molecular flexibility index (Phi) is 9.49. The summed E-state index contributed by atoms with van der Waals surface area (Å²) in [6, 6.07) is 9.67. The Balaban J connectivity index is 0.813. The van der Waals surface area contributed by atoms with Gasteiger partial charge in [0.2, 0.25) is 11.8 Å². The molecule has 3 aliphatic rings. The molecule has 15 heteroatoms. The topological polar surface area (TPSA) is 139 Å². The highest BCUT2D eigenvalue weighted by Crippen LogP contribution is 2.33. The molecule has 2 saturated heterocycles. The van der Waals surface area contributed by atoms with Gasteiger partial charge in [-0.25, -0.2) is 18.4 Å². The smallest absolute Gasteiger partial charge is 0.255 e. The number of benzene rings is 2. The number of halogens is 2. The fourth-order valence-electron chi connectivity index (χ4n) is 7.98. The molecule has 3 fully saturated rings. The molecule has 8 rings (SSSR count). The molecule has 2 N–H and O–H groups in total. The summed E-state index contributed by atoms with van der Waals surface area (Å²) in [6.45, 7) is 3.54. The molecule has 3 amide bonds. The van der Waals surface area contributed by atoms with Crippen molar-refractivity contribution in [2.75, 3.05) is 44.7 Å². The number of nitrogens with zero attached hydrogens (tertiary/aromatic N) is 7. The number of rotatable bonds is 9. The van der Waals surface area contributed by atoms with Crippen molar-refractivity contribution in [2.45, 2.75) is 56.9 Å². The number of piperidine rings is 1. The maximum atomic E-state index is 15.2. The van der Waals surface area contributed by atoms with E-state index in [0.717, 1.165) is 63.2 Å². The average Bonchev–Trinajstić information content (AvgIpc) is 3.79. The number of imidazole rings is 1. The summed E-state index contributed by atoms with van der Waals surface area (Å²) in [4.78, 5) is 45.8. The number of fused-ring (bicyclic) bond motifs is 2. The number of anilines is 1. The van der Waals surface area contributed by atoms with Crippen LogP contribution in [0.5, 0.6) is 5.75 Å². The third-order valence-corrected chi connectivity index (χ3v) is 11.0. The molecule has 0 spiro atoms. The van der Waals surface area contributed by atoms with Crippen LogP contribution in [0.2, 0.25) is 0 Å². The Labute approximate surface area is 304 Å². The van der Waals surface area contributed by atoms with Gasteiger partial charge in [-0.2, -0.15) is 14.7 Å². The normalized spacial score (nSPS) is 21.3. The van der Waals surface area contributed by atoms with Gasteiger partial charge in [0, 0.05) is 74.1 Å². The number of hydrogen-bond acceptors (Lipinski definition) is 9. The lowest BCUT2D eigenvalue weighted by Crippen LogP contribution is -2.47. The van der Waals surface area contributed by atoms with Crippen LogP contribution in [0.4, 0.5) is 14.5 Å². The Morgan fingerprint density at radius 3 is 2.60 bits per heavy atom. The number of carbonyl (C=O) groups is 3. The zero-order valence-corrected chi connectivity index (χ0v) is 29.4. The van der Waals surface area contributed by atoms with E-state index in [0.29, 0.717) is 47.3 Å². The van der Waals surface area contributed by atoms with Crippen LogP contribution in [-0.4, -0.2) is 92.9 Å². The number of imide groups is 1. The molecule has 0 radical (unpaired) electrons. The molecule has 3 aromatic heterocycles. The van der Waals surface area contributed by atoms with Gasteiger partial charge in [-0.1, -0.05) is 0 Å². The fraction of sp³-hybridized carbons (Fsp3) is 0.421. The lowest BCUT2D eigenvalue weighted by atomic mass is 9.84. The zero-order valence-electron chi connectivity index (χ0n) is 29.4. The summed E-state index contributed by atoms with van der Waals surface area (Å²) in [5, 5.41) is 15.3. The van der Waals surface area contributed by atoms with Crippen LogP contribution in [0.15, 0.2) is 55.0 Å². The standard InChI is InChI=1S/C38H41F2N9O4/c1-53-33-20-31-24(22-48(45-31)36-21-41-34-3-2-11-42-49(34)36)17-28(33)38(52)43-25-6-4-23(5-7-25)10-12-46-13-15-47(16-14-46)32-19-29(39)27(18-30(32)40)26-8-9-35(50)44-37(26)51/h2-3,11,17-23,25-26H,4-10,12-16H2,1H3,(H,43,52)(H,44,50,51). The van der Waals surface area contributed by atoms with Gasteiger partial charge in [-0.05, 0) is 75.3 Å². The quantitative estimate of drug-likeness (QED) is 0.212. The summed E-state index contributed by atoms with van der Waals surface area (Å²) in [5.74, 6) is -1.51. The van der Waals surface area contributed by atoms with Crippen molar-refractivity contribution in [2.24, 2.45) is 5.92 Å². The summed E-state index contributed by atoms with van der Waals surface area (Å²) in [7, 11) is 1.55. The molecule has 2 aromatic carbocycles. The SMILES string of the molecule is COc1cc2nn(-c3cnc4cccnn34)cc2cc1C(=O)NC1CCC(CCN2CCN(c3cc(F)c(C4CCC(=O)NC4=O)cc3F)CC2)CC1. The highest BCUT2D eigenvalue weighted by atomic mass is 19.1. The zero-order chi connectivity index (χ0) is 36.6. The Bertz CT molecular complexity index is 2190. The molecule has 2 aliphatic heterocycles. The van der Waals surface area contributed by atoms with Gasteiger partial charge in [0.25, 0.3) is 5.91 Å². The molecular weight excluding hydrogens is 684 g/mol. The minimum absolute atomic E-state index is 0.00663. The van der Waals surface area contributed by atoms with E-state index < -0.39 is 29.4 Å². The van der Waals surface area contributed by atoms with Crippen molar-refractivity contribution < 1.29 is 27.9 Å². The third-order valence-electron chi connectivity index (χ3n) is 11.0. The molecule has 276 valence electrons. The molecule has 0 bridgehead atoms. The second-order valence-electron chi connectivity index (χ2n) is 14.2. The second-order valence-corrected chi connectivity index (χ2v) is 14.2. The second kappa shape index (κ2) is 14.5. The predicted octanol–water partition coefficient (Wildman–Crippen LogP) is 4.38. The monoisotopic (exact) mass is 725 g/mol. The van der Waals surface area contributed by atoms with Crippen molar-refractivity contribution in [1.29, 1.82) is 0 Å². The van der Waals surface area contributed by atoms with E-state index in [2.05, 4.69) is 30.7 Å². The number of carbonyl (C=O) groups excluding carboxylic acids is 3. The number of ether oxygens (including phenoxy) is 1. The maximum absolute atomic E-state index is 15.2. The van der Waals surface area contributed by atoms with E-state index in [1.54, 1.807) is 34.8 Å². The van der Waals surface area contributed by atoms with Crippen LogP contribution in [0.3, 0.4) is 0 Å². The number of methoxy groups -OCH3 is 1. The molecule has 1 atom stereocenters. The van der Waals surface area contributed by atoms with Gasteiger partial charge in [-0.15, -0.1) is 0 Å². The number of hydrogen-bond donors (Lipinski definition) is 2. The highest BCUT2D eigenvalue weighted by Gasteiger charge is 2.32. The predicted molar refractivity (Wildman–Crippen MR) is 192 cm³/mol. The van der Waals surface area contributed by atoms with Gasteiger partial charge in [0.1, 0.15) is 17.4 Å². The molecule has 53 heavy (non-hydrogen) atoms. The van der Waals surface area contributed by atoms with E-state index in [1.807, 2.05) is 29.3 Å². The van der Waals surface area contributed by atoms with Crippen molar-refractivity contribution in [1.82, 2.24) is 39.9 Å². The van der Waals surface area contributed by atoms with Gasteiger partial charge >= 0.3 is 0 Å². The van der Waals surface area contributed by atoms with E-state index in [4.69, 9.17) is 4.74 Å². The fourth-order valence-corrected chi connectivity index (χ4v) is 7.98. The largest absolute Gasteiger partial charge is 0.496 e. The molecule has 5 aromatic rings. The summed E-state index contributed by atoms with van der Waals surface area (Å²) in [6.07, 6.45) is 10.4. The number of aromatic nitrogens is 5. The minimum atomic E-state index is -0.871. The van der Waals surface area contributed by atoms with Crippen molar-refractivity contribution >= 4 is 40.0 Å². The molecule has 1 saturated carbocycles. The Hall–Kier alpha value is -5.44. The molecule has 1 unspecified atom stereocenters. The number of piperazine rings is 1. The molecule has 13 nitrogen and oxygen atoms in total. The highest BCUT2D eigenvalue weighted by molar-refractivity contribution is 6.01. The lowest BCUT2D eigenvalue weighted by molar-refractivity contribution is -0.134. The van der Waals surface area contributed by atoms with Crippen LogP contribution >= 0.6 is 0 Å². The Morgan fingerprint density at radius 1 is 1.02 bits per heavy atom. The van der Waals surface area contributed by atoms with Crippen molar-refractivity contribution in [3.05, 3.63) is 77.8 Å². The van der Waals surface area contributed by atoms with E-state index >= 15 is 8.78 Å². The molecule has 5 heterocycles. The molecular formula is C38H41F2N9O4. The Morgan fingerprint density at radius 2 is 1.83 bits per heavy atom. The van der Waals surface area contributed by atoms with Crippen LogP contribution in [0, 0.1) is 17.6 Å². The first-order valence-electron chi connectivity index (χ1n) is 18.2. The van der Waals surface area contributed by atoms with E-state index in [-0.39, 0.29) is 36.0 Å². The summed E-state index contributed by atoms with van der Waals surface area (Å²) in [5.41, 5.74) is 2.05. The van der Waals surface area contributed by atoms with E-state index in [9.17, 15) is 14.4 Å². The van der Waals surface area contributed by atoms with Gasteiger partial charge in [0.05, 0.1) is 36.0 Å². The third kappa shape index (κ3) is 7.04. The summed E-state index contributed by atoms with van der Waals surface area (Å²) < 4.78 is 39.3. The molecule has 1 aliphatic carbocycles. The van der Waals surface area contributed by atoms with Gasteiger partial charge in [-0.3, -0.25) is 24.6 Å². The van der Waals surface area contributed by atoms with Gasteiger partial charge in [0.15, 0.2) is 11.5 Å². The lowest BCUT2D eigenvalue weighted by Gasteiger charge is -2.37. The first-order chi connectivity index (χ1) is 25.7. The van der Waals surface area contributed by atoms with Crippen molar-refractivity contribution in [3.63, 3.8) is 0 Å². The van der Waals surface area contributed by atoms with Crippen LogP contribution in [-0.2, 0) is 9.59 Å².